The molecule has 170 valence electrons. The summed E-state index contributed by atoms with van der Waals surface area (Å²) in [5.74, 6) is -0.642. The first-order chi connectivity index (χ1) is 15.7. The van der Waals surface area contributed by atoms with Crippen LogP contribution < -0.4 is 9.62 Å². The third-order valence-corrected chi connectivity index (χ3v) is 7.79. The van der Waals surface area contributed by atoms with Crippen LogP contribution in [0.4, 0.5) is 11.4 Å². The van der Waals surface area contributed by atoms with Crippen LogP contribution >= 0.6 is 11.6 Å². The first-order valence-electron chi connectivity index (χ1n) is 10.6. The van der Waals surface area contributed by atoms with Crippen LogP contribution in [-0.4, -0.2) is 31.9 Å². The molecule has 0 radical (unpaired) electrons. The Morgan fingerprint density at radius 1 is 1.03 bits per heavy atom. The van der Waals surface area contributed by atoms with Gasteiger partial charge in [0.1, 0.15) is 0 Å². The van der Waals surface area contributed by atoms with Crippen molar-refractivity contribution in [2.24, 2.45) is 0 Å². The van der Waals surface area contributed by atoms with Gasteiger partial charge in [0.05, 0.1) is 17.1 Å². The molecular formula is C25H23ClN2O4S. The molecular weight excluding hydrogens is 460 g/mol. The third kappa shape index (κ3) is 4.51. The fourth-order valence-electron chi connectivity index (χ4n) is 4.06. The molecule has 1 N–H and O–H groups in total. The maximum absolute atomic E-state index is 13.0. The minimum absolute atomic E-state index is 0.00774. The van der Waals surface area contributed by atoms with Gasteiger partial charge >= 0.3 is 0 Å². The summed E-state index contributed by atoms with van der Waals surface area (Å²) in [5, 5.41) is 3.19. The van der Waals surface area contributed by atoms with Gasteiger partial charge in [-0.05, 0) is 62.2 Å². The molecule has 0 fully saturated rings. The lowest BCUT2D eigenvalue weighted by Crippen LogP contribution is -2.36. The van der Waals surface area contributed by atoms with E-state index in [9.17, 15) is 18.0 Å². The number of hydrogen-bond donors (Lipinski definition) is 1. The molecule has 3 aromatic carbocycles. The molecule has 0 aromatic heterocycles. The van der Waals surface area contributed by atoms with Crippen molar-refractivity contribution >= 4 is 44.7 Å². The maximum atomic E-state index is 13.0. The highest BCUT2D eigenvalue weighted by Crippen LogP contribution is 2.35. The summed E-state index contributed by atoms with van der Waals surface area (Å²) in [5.41, 5.74) is 2.90. The highest BCUT2D eigenvalue weighted by atomic mass is 35.5. The molecule has 1 amide bonds. The Balaban J connectivity index is 1.63. The summed E-state index contributed by atoms with van der Waals surface area (Å²) in [6.45, 7) is 3.46. The number of amides is 1. The minimum Gasteiger partial charge on any atom is -0.321 e. The van der Waals surface area contributed by atoms with Crippen molar-refractivity contribution in [2.75, 3.05) is 15.4 Å². The largest absolute Gasteiger partial charge is 0.321 e. The zero-order chi connectivity index (χ0) is 23.8. The monoisotopic (exact) mass is 482 g/mol. The second-order valence-corrected chi connectivity index (χ2v) is 10.5. The van der Waals surface area contributed by atoms with Crippen LogP contribution in [0.15, 0.2) is 66.7 Å². The molecule has 4 rings (SSSR count). The Hall–Kier alpha value is -3.16. The van der Waals surface area contributed by atoms with Crippen LogP contribution in [0.1, 0.15) is 45.7 Å². The number of nitrogens with zero attached hydrogens (tertiary/aromatic N) is 1. The summed E-state index contributed by atoms with van der Waals surface area (Å²) in [6, 6.07) is 18.3. The van der Waals surface area contributed by atoms with Crippen molar-refractivity contribution in [1.82, 2.24) is 0 Å². The van der Waals surface area contributed by atoms with Crippen molar-refractivity contribution in [1.29, 1.82) is 0 Å². The Bertz CT molecular complexity index is 1340. The Morgan fingerprint density at radius 2 is 1.76 bits per heavy atom. The number of sulfonamides is 1. The molecule has 1 atom stereocenters. The van der Waals surface area contributed by atoms with E-state index < -0.39 is 15.9 Å². The van der Waals surface area contributed by atoms with Crippen molar-refractivity contribution < 1.29 is 18.0 Å². The Kier molecular flexibility index (Phi) is 6.28. The molecule has 0 spiro atoms. The number of fused-ring (bicyclic) bond motifs is 1. The number of halogens is 1. The smallest absolute Gasteiger partial charge is 0.255 e. The number of ketones is 1. The van der Waals surface area contributed by atoms with Gasteiger partial charge in [0.25, 0.3) is 5.91 Å². The molecule has 0 unspecified atom stereocenters. The van der Waals surface area contributed by atoms with E-state index in [1.807, 2.05) is 13.0 Å². The molecule has 1 aliphatic heterocycles. The topological polar surface area (TPSA) is 83.6 Å². The number of carbonyl (C=O) groups is 2. The number of carbonyl (C=O) groups excluding carboxylic acids is 2. The number of nitrogens with one attached hydrogen (secondary N) is 1. The van der Waals surface area contributed by atoms with E-state index >= 15 is 0 Å². The first-order valence-corrected chi connectivity index (χ1v) is 12.6. The molecule has 0 bridgehead atoms. The van der Waals surface area contributed by atoms with E-state index in [0.717, 1.165) is 5.56 Å². The van der Waals surface area contributed by atoms with Crippen LogP contribution in [0, 0.1) is 0 Å². The van der Waals surface area contributed by atoms with Crippen LogP contribution in [-0.2, 0) is 16.4 Å². The zero-order valence-corrected chi connectivity index (χ0v) is 19.8. The van der Waals surface area contributed by atoms with Crippen LogP contribution in [0.3, 0.4) is 0 Å². The molecule has 3 aromatic rings. The molecule has 6 nitrogen and oxygen atoms in total. The van der Waals surface area contributed by atoms with Crippen LogP contribution in [0.2, 0.25) is 5.02 Å². The van der Waals surface area contributed by atoms with E-state index in [-0.39, 0.29) is 23.1 Å². The van der Waals surface area contributed by atoms with Gasteiger partial charge in [-0.1, -0.05) is 41.9 Å². The minimum atomic E-state index is -3.40. The van der Waals surface area contributed by atoms with Gasteiger partial charge in [0, 0.05) is 27.8 Å². The molecule has 8 heteroatoms. The SMILES string of the molecule is CCS(=O)(=O)N1c2ccc(C(=O)Nc3ccc(Cl)cc3C(=O)c3ccccc3)cc2C[C@@H]1C. The van der Waals surface area contributed by atoms with Gasteiger partial charge < -0.3 is 5.32 Å². The lowest BCUT2D eigenvalue weighted by molar-refractivity contribution is 0.102. The van der Waals surface area contributed by atoms with Gasteiger partial charge in [0.15, 0.2) is 5.78 Å². The van der Waals surface area contributed by atoms with Crippen LogP contribution in [0.5, 0.6) is 0 Å². The number of rotatable bonds is 6. The second kappa shape index (κ2) is 9.00. The summed E-state index contributed by atoms with van der Waals surface area (Å²) < 4.78 is 26.4. The van der Waals surface area contributed by atoms with E-state index in [2.05, 4.69) is 5.32 Å². The standard InChI is InChI=1S/C25H23ClN2O4S/c1-3-33(31,32)28-16(2)13-19-14-18(9-12-23(19)28)25(30)27-22-11-10-20(26)15-21(22)24(29)17-7-5-4-6-8-17/h4-12,14-16H,3,13H2,1-2H3,(H,27,30)/t16-/m0/s1. The number of benzene rings is 3. The van der Waals surface area contributed by atoms with E-state index in [1.54, 1.807) is 61.5 Å². The summed E-state index contributed by atoms with van der Waals surface area (Å²) in [6.07, 6.45) is 0.522. The fraction of sp³-hybridized carbons (Fsp3) is 0.200. The quantitative estimate of drug-likeness (QED) is 0.505. The summed E-state index contributed by atoms with van der Waals surface area (Å²) in [7, 11) is -3.40. The normalized spacial score (nSPS) is 15.2. The number of anilines is 2. The third-order valence-electron chi connectivity index (χ3n) is 5.67. The summed E-state index contributed by atoms with van der Waals surface area (Å²) in [4.78, 5) is 26.1. The molecule has 0 saturated heterocycles. The molecule has 0 aliphatic carbocycles. The predicted molar refractivity (Wildman–Crippen MR) is 131 cm³/mol. The average Bonchev–Trinajstić information content (AvgIpc) is 3.15. The first kappa shape index (κ1) is 23.0. The molecule has 1 heterocycles. The molecule has 1 aliphatic rings. The van der Waals surface area contributed by atoms with Crippen molar-refractivity contribution in [2.45, 2.75) is 26.3 Å². The van der Waals surface area contributed by atoms with Crippen molar-refractivity contribution in [3.8, 4) is 0 Å². The van der Waals surface area contributed by atoms with Gasteiger partial charge in [-0.2, -0.15) is 0 Å². The molecule has 33 heavy (non-hydrogen) atoms. The number of hydrogen-bond acceptors (Lipinski definition) is 4. The van der Waals surface area contributed by atoms with Gasteiger partial charge in [0.2, 0.25) is 10.0 Å². The van der Waals surface area contributed by atoms with Gasteiger partial charge in [-0.15, -0.1) is 0 Å². The summed E-state index contributed by atoms with van der Waals surface area (Å²) >= 11 is 6.12. The van der Waals surface area contributed by atoms with Crippen LogP contribution in [0.25, 0.3) is 0 Å². The van der Waals surface area contributed by atoms with Gasteiger partial charge in [-0.25, -0.2) is 8.42 Å². The zero-order valence-electron chi connectivity index (χ0n) is 18.2. The van der Waals surface area contributed by atoms with E-state index in [0.29, 0.717) is 33.9 Å². The lowest BCUT2D eigenvalue weighted by atomic mass is 10.0. The predicted octanol–water partition coefficient (Wildman–Crippen LogP) is 4.92. The Morgan fingerprint density at radius 3 is 2.45 bits per heavy atom. The highest BCUT2D eigenvalue weighted by molar-refractivity contribution is 7.92. The van der Waals surface area contributed by atoms with Crippen molar-refractivity contribution in [3.05, 3.63) is 94.0 Å². The molecule has 0 saturated carbocycles. The van der Waals surface area contributed by atoms with E-state index in [4.69, 9.17) is 11.6 Å². The van der Waals surface area contributed by atoms with Crippen molar-refractivity contribution in [3.63, 3.8) is 0 Å². The van der Waals surface area contributed by atoms with Gasteiger partial charge in [-0.3, -0.25) is 13.9 Å². The maximum Gasteiger partial charge on any atom is 0.255 e. The lowest BCUT2D eigenvalue weighted by Gasteiger charge is -2.23. The fourth-order valence-corrected chi connectivity index (χ4v) is 5.61. The second-order valence-electron chi connectivity index (χ2n) is 7.93. The Labute approximate surface area is 198 Å². The highest BCUT2D eigenvalue weighted by Gasteiger charge is 2.34. The average molecular weight is 483 g/mol. The van der Waals surface area contributed by atoms with E-state index in [1.165, 1.54) is 10.4 Å².